The molecule has 3 rings (SSSR count). The number of halogens is 8. The predicted octanol–water partition coefficient (Wildman–Crippen LogP) is 4.19. The lowest BCUT2D eigenvalue weighted by Crippen LogP contribution is -2.44. The van der Waals surface area contributed by atoms with Gasteiger partial charge in [0.05, 0.1) is 23.2 Å². The van der Waals surface area contributed by atoms with E-state index in [1.165, 1.54) is 24.4 Å². The van der Waals surface area contributed by atoms with Gasteiger partial charge in [0.15, 0.2) is 11.6 Å². The SMILES string of the molecule is CN=C(C(OCC(F)F)=C(N)C(F)(F)C(F)(F)F)N1CC(c2ccc(Cl)c(C(=O)NC3(C#N)CC3)c2)C=N1. The van der Waals surface area contributed by atoms with Crippen LogP contribution in [0.3, 0.4) is 0 Å². The molecule has 0 bridgehead atoms. The third-order valence-corrected chi connectivity index (χ3v) is 6.02. The Bertz CT molecular complexity index is 1220. The standard InChI is InChI=1S/C22H20ClF7N6O2/c1-33-18(16(38-9-15(24)25)17(32)21(26,27)22(28,29)30)36-8-12(7-34-36)11-2-3-14(23)13(6-11)19(37)35-20(10-31)4-5-20/h2-3,6-7,12,15H,4-5,8-9,32H2,1H3,(H,35,37). The van der Waals surface area contributed by atoms with E-state index < -0.39 is 59.8 Å². The maximum Gasteiger partial charge on any atom is 0.459 e. The zero-order valence-electron chi connectivity index (χ0n) is 19.5. The van der Waals surface area contributed by atoms with E-state index in [0.29, 0.717) is 18.4 Å². The number of alkyl halides is 7. The van der Waals surface area contributed by atoms with Crippen LogP contribution in [0.2, 0.25) is 5.02 Å². The first-order chi connectivity index (χ1) is 17.7. The molecule has 8 nitrogen and oxygen atoms in total. The van der Waals surface area contributed by atoms with Crippen LogP contribution < -0.4 is 11.1 Å². The molecule has 1 saturated carbocycles. The summed E-state index contributed by atoms with van der Waals surface area (Å²) in [4.78, 5) is 16.3. The fraction of sp³-hybridized carbons (Fsp3) is 0.455. The van der Waals surface area contributed by atoms with Crippen molar-refractivity contribution in [3.05, 3.63) is 45.8 Å². The molecule has 1 aliphatic carbocycles. The third kappa shape index (κ3) is 5.95. The molecule has 0 aromatic heterocycles. The molecule has 38 heavy (non-hydrogen) atoms. The summed E-state index contributed by atoms with van der Waals surface area (Å²) in [6, 6.07) is 6.35. The van der Waals surface area contributed by atoms with E-state index in [4.69, 9.17) is 17.3 Å². The van der Waals surface area contributed by atoms with Gasteiger partial charge < -0.3 is 15.8 Å². The van der Waals surface area contributed by atoms with Crippen molar-refractivity contribution in [2.75, 3.05) is 20.2 Å². The van der Waals surface area contributed by atoms with Gasteiger partial charge in [0.25, 0.3) is 12.3 Å². The van der Waals surface area contributed by atoms with E-state index in [2.05, 4.69) is 20.1 Å². The quantitative estimate of drug-likeness (QED) is 0.211. The molecule has 1 atom stereocenters. The molecular formula is C22H20ClF7N6O2. The minimum absolute atomic E-state index is 0.0387. The monoisotopic (exact) mass is 568 g/mol. The zero-order valence-corrected chi connectivity index (χ0v) is 20.3. The Labute approximate surface area is 216 Å². The maximum absolute atomic E-state index is 14.0. The van der Waals surface area contributed by atoms with E-state index in [0.717, 1.165) is 12.1 Å². The van der Waals surface area contributed by atoms with Crippen molar-refractivity contribution in [1.29, 1.82) is 5.26 Å². The van der Waals surface area contributed by atoms with Crippen molar-refractivity contribution >= 4 is 29.6 Å². The maximum atomic E-state index is 14.0. The van der Waals surface area contributed by atoms with Crippen LogP contribution >= 0.6 is 11.6 Å². The molecule has 16 heteroatoms. The first-order valence-corrected chi connectivity index (χ1v) is 11.2. The third-order valence-electron chi connectivity index (χ3n) is 5.69. The van der Waals surface area contributed by atoms with Crippen molar-refractivity contribution in [3.8, 4) is 6.07 Å². The number of aliphatic imine (C=N–C) groups is 1. The van der Waals surface area contributed by atoms with Crippen LogP contribution in [0.15, 0.2) is 39.7 Å². The average Bonchev–Trinajstić information content (AvgIpc) is 3.45. The Morgan fingerprint density at radius 2 is 2.03 bits per heavy atom. The number of carbonyl (C=O) groups excluding carboxylic acids is 1. The Hall–Kier alpha value is -3.54. The fourth-order valence-corrected chi connectivity index (χ4v) is 3.64. The summed E-state index contributed by atoms with van der Waals surface area (Å²) in [6.45, 7) is -1.76. The second-order valence-electron chi connectivity index (χ2n) is 8.40. The molecule has 0 radical (unpaired) electrons. The molecule has 3 N–H and O–H groups in total. The van der Waals surface area contributed by atoms with Gasteiger partial charge in [-0.15, -0.1) is 0 Å². The normalized spacial score (nSPS) is 19.8. The summed E-state index contributed by atoms with van der Waals surface area (Å²) in [5.74, 6) is -9.05. The highest BCUT2D eigenvalue weighted by molar-refractivity contribution is 6.33. The van der Waals surface area contributed by atoms with Gasteiger partial charge in [-0.05, 0) is 30.5 Å². The number of nitrogens with two attached hydrogens (primary N) is 1. The number of amidine groups is 1. The molecule has 1 unspecified atom stereocenters. The van der Waals surface area contributed by atoms with E-state index in [1.807, 2.05) is 6.07 Å². The second kappa shape index (κ2) is 10.7. The Balaban J connectivity index is 1.88. The minimum atomic E-state index is -6.14. The van der Waals surface area contributed by atoms with Crippen LogP contribution in [0.4, 0.5) is 30.7 Å². The number of hydrogen-bond acceptors (Lipinski definition) is 6. The van der Waals surface area contributed by atoms with Gasteiger partial charge in [-0.2, -0.15) is 32.3 Å². The van der Waals surface area contributed by atoms with Crippen molar-refractivity contribution in [2.24, 2.45) is 15.8 Å². The molecule has 1 fully saturated rings. The molecule has 1 heterocycles. The second-order valence-corrected chi connectivity index (χ2v) is 8.81. The van der Waals surface area contributed by atoms with Gasteiger partial charge in [-0.1, -0.05) is 17.7 Å². The minimum Gasteiger partial charge on any atom is -0.482 e. The number of benzene rings is 1. The zero-order chi connectivity index (χ0) is 28.5. The van der Waals surface area contributed by atoms with Gasteiger partial charge in [-0.25, -0.2) is 13.8 Å². The van der Waals surface area contributed by atoms with Gasteiger partial charge >= 0.3 is 12.1 Å². The van der Waals surface area contributed by atoms with E-state index >= 15 is 0 Å². The van der Waals surface area contributed by atoms with Crippen LogP contribution in [0.1, 0.15) is 34.7 Å². The van der Waals surface area contributed by atoms with Crippen LogP contribution in [0.25, 0.3) is 0 Å². The lowest BCUT2D eigenvalue weighted by atomic mass is 9.98. The summed E-state index contributed by atoms with van der Waals surface area (Å²) in [5, 5.41) is 16.7. The van der Waals surface area contributed by atoms with Crippen LogP contribution in [0, 0.1) is 11.3 Å². The van der Waals surface area contributed by atoms with Crippen LogP contribution in [-0.2, 0) is 4.74 Å². The molecule has 206 valence electrons. The summed E-state index contributed by atoms with van der Waals surface area (Å²) in [5.41, 5.74) is 2.44. The number of allylic oxidation sites excluding steroid dienone is 1. The number of hydrogen-bond donors (Lipinski definition) is 2. The Kier molecular flexibility index (Phi) is 8.16. The van der Waals surface area contributed by atoms with Gasteiger partial charge in [0.2, 0.25) is 0 Å². The Morgan fingerprint density at radius 3 is 2.55 bits per heavy atom. The predicted molar refractivity (Wildman–Crippen MR) is 122 cm³/mol. The topological polar surface area (TPSA) is 116 Å². The van der Waals surface area contributed by atoms with Crippen LogP contribution in [0.5, 0.6) is 0 Å². The summed E-state index contributed by atoms with van der Waals surface area (Å²) in [6.07, 6.45) is -7.13. The summed E-state index contributed by atoms with van der Waals surface area (Å²) in [7, 11) is 0.997. The highest BCUT2D eigenvalue weighted by Gasteiger charge is 2.61. The van der Waals surface area contributed by atoms with E-state index in [-0.39, 0.29) is 17.1 Å². The number of carbonyl (C=O) groups is 1. The van der Waals surface area contributed by atoms with E-state index in [1.54, 1.807) is 0 Å². The molecule has 0 spiro atoms. The summed E-state index contributed by atoms with van der Waals surface area (Å²) >= 11 is 6.14. The molecule has 1 aromatic carbocycles. The average molecular weight is 569 g/mol. The Morgan fingerprint density at radius 1 is 1.37 bits per heavy atom. The smallest absolute Gasteiger partial charge is 0.459 e. The molecule has 1 aliphatic heterocycles. The first kappa shape index (κ1) is 29.0. The van der Waals surface area contributed by atoms with Gasteiger partial charge in [0, 0.05) is 19.2 Å². The molecular weight excluding hydrogens is 549 g/mol. The highest BCUT2D eigenvalue weighted by atomic mass is 35.5. The number of ether oxygens (including phenoxy) is 1. The summed E-state index contributed by atoms with van der Waals surface area (Å²) < 4.78 is 96.8. The molecule has 1 amide bonds. The number of nitrogens with zero attached hydrogens (tertiary/aromatic N) is 4. The lowest BCUT2D eigenvalue weighted by Gasteiger charge is -2.26. The van der Waals surface area contributed by atoms with Crippen LogP contribution in [-0.4, -0.2) is 67.2 Å². The fourth-order valence-electron chi connectivity index (χ4n) is 3.43. The number of nitrogens with one attached hydrogen (secondary N) is 1. The number of nitriles is 1. The van der Waals surface area contributed by atoms with Crippen molar-refractivity contribution < 1.29 is 40.3 Å². The van der Waals surface area contributed by atoms with Crippen molar-refractivity contribution in [1.82, 2.24) is 10.3 Å². The molecule has 0 saturated heterocycles. The highest BCUT2D eigenvalue weighted by Crippen LogP contribution is 2.41. The first-order valence-electron chi connectivity index (χ1n) is 10.8. The number of hydrazone groups is 1. The van der Waals surface area contributed by atoms with Crippen molar-refractivity contribution in [2.45, 2.75) is 42.8 Å². The van der Waals surface area contributed by atoms with Gasteiger partial charge in [0.1, 0.15) is 17.8 Å². The molecule has 1 aromatic rings. The van der Waals surface area contributed by atoms with E-state index in [9.17, 15) is 40.8 Å². The lowest BCUT2D eigenvalue weighted by molar-refractivity contribution is -0.265. The number of amides is 1. The van der Waals surface area contributed by atoms with Crippen molar-refractivity contribution in [3.63, 3.8) is 0 Å². The van der Waals surface area contributed by atoms with Gasteiger partial charge in [-0.3, -0.25) is 9.79 Å². The molecule has 2 aliphatic rings. The largest absolute Gasteiger partial charge is 0.482 e. The number of rotatable bonds is 8.